The summed E-state index contributed by atoms with van der Waals surface area (Å²) in [4.78, 5) is 24.6. The largest absolute Gasteiger partial charge is 0.493 e. The van der Waals surface area contributed by atoms with Crippen molar-refractivity contribution < 1.29 is 32.2 Å². The molecule has 3 aromatic rings. The second-order valence-corrected chi connectivity index (χ2v) is 8.80. The van der Waals surface area contributed by atoms with E-state index in [-0.39, 0.29) is 15.9 Å². The Morgan fingerprint density at radius 3 is 2.46 bits per heavy atom. The maximum atomic E-state index is 13.0. The van der Waals surface area contributed by atoms with E-state index in [1.54, 1.807) is 30.3 Å². The average molecular weight is 578 g/mol. The number of anilines is 3. The number of rotatable bonds is 8. The molecule has 2 amide bonds. The number of halogens is 4. The number of benzene rings is 3. The molecule has 0 saturated heterocycles. The Hall–Kier alpha value is -3.99. The first-order valence-corrected chi connectivity index (χ1v) is 11.6. The number of carbonyl (C=O) groups excluding carboxylic acids is 2. The summed E-state index contributed by atoms with van der Waals surface area (Å²) in [5, 5.41) is 5.07. The van der Waals surface area contributed by atoms with Crippen molar-refractivity contribution in [2.24, 2.45) is 0 Å². The highest BCUT2D eigenvalue weighted by atomic mass is 79.9. The maximum Gasteiger partial charge on any atom is 0.416 e. The van der Waals surface area contributed by atoms with E-state index in [0.29, 0.717) is 22.7 Å². The van der Waals surface area contributed by atoms with Crippen LogP contribution in [0.4, 0.5) is 30.2 Å². The van der Waals surface area contributed by atoms with Gasteiger partial charge in [0.2, 0.25) is 5.91 Å². The number of nitrogens with one attached hydrogen (secondary N) is 2. The molecule has 0 heterocycles. The summed E-state index contributed by atoms with van der Waals surface area (Å²) in [6.45, 7) is 1.39. The molecule has 11 heteroatoms. The minimum absolute atomic E-state index is 0.0424. The second-order valence-electron chi connectivity index (χ2n) is 7.89. The van der Waals surface area contributed by atoms with Crippen LogP contribution in [0.15, 0.2) is 65.1 Å². The van der Waals surface area contributed by atoms with Crippen molar-refractivity contribution in [3.63, 3.8) is 0 Å². The Balaban J connectivity index is 1.65. The molecule has 0 saturated carbocycles. The molecule has 0 bridgehead atoms. The van der Waals surface area contributed by atoms with Gasteiger partial charge in [0.05, 0.1) is 24.0 Å². The molecular formula is C26H23BrF3N3O4. The predicted octanol–water partition coefficient (Wildman–Crippen LogP) is 6.04. The Bertz CT molecular complexity index is 1340. The fourth-order valence-corrected chi connectivity index (χ4v) is 3.71. The molecule has 0 aliphatic carbocycles. The molecule has 0 atom stereocenters. The van der Waals surface area contributed by atoms with Gasteiger partial charge in [-0.05, 0) is 66.6 Å². The molecular weight excluding hydrogens is 555 g/mol. The van der Waals surface area contributed by atoms with Crippen LogP contribution in [0.25, 0.3) is 6.08 Å². The van der Waals surface area contributed by atoms with Gasteiger partial charge in [-0.25, -0.2) is 0 Å². The van der Waals surface area contributed by atoms with Crippen LogP contribution >= 0.6 is 15.9 Å². The molecule has 0 aliphatic heterocycles. The van der Waals surface area contributed by atoms with Crippen LogP contribution in [0.2, 0.25) is 0 Å². The van der Waals surface area contributed by atoms with Crippen molar-refractivity contribution in [3.05, 3.63) is 81.8 Å². The minimum atomic E-state index is -4.56. The number of nitrogens with two attached hydrogens (primary N) is 1. The van der Waals surface area contributed by atoms with Crippen LogP contribution in [0.5, 0.6) is 11.5 Å². The first kappa shape index (κ1) is 27.6. The zero-order chi connectivity index (χ0) is 27.2. The number of amides is 2. The number of methoxy groups -OCH3 is 1. The van der Waals surface area contributed by atoms with Crippen LogP contribution in [-0.2, 0) is 15.8 Å². The lowest BCUT2D eigenvalue weighted by Crippen LogP contribution is -2.20. The van der Waals surface area contributed by atoms with E-state index in [1.165, 1.54) is 25.3 Å². The van der Waals surface area contributed by atoms with Crippen molar-refractivity contribution in [2.45, 2.75) is 13.1 Å². The fourth-order valence-electron chi connectivity index (χ4n) is 3.22. The molecule has 194 valence electrons. The molecule has 3 aromatic carbocycles. The molecule has 7 nitrogen and oxygen atoms in total. The van der Waals surface area contributed by atoms with Crippen molar-refractivity contribution in [1.82, 2.24) is 0 Å². The standard InChI is InChI=1S/C26H23BrF3N3O4/c1-15-3-6-21(20(31)9-15)33-24(34)8-5-16-4-7-22(36-2)23(10-16)37-14-25(35)32-19-12-17(26(28,29)30)11-18(27)13-19/h3-13H,14,31H2,1-2H3,(H,32,35)(H,33,34)/b8-5+. The Labute approximate surface area is 219 Å². The number of aryl methyl sites for hydroxylation is 1. The van der Waals surface area contributed by atoms with Crippen LogP contribution in [-0.4, -0.2) is 25.5 Å². The lowest BCUT2D eigenvalue weighted by Gasteiger charge is -2.13. The Kier molecular flexibility index (Phi) is 8.82. The Morgan fingerprint density at radius 2 is 1.78 bits per heavy atom. The van der Waals surface area contributed by atoms with Crippen molar-refractivity contribution in [2.75, 3.05) is 30.1 Å². The van der Waals surface area contributed by atoms with Gasteiger partial charge < -0.3 is 25.8 Å². The molecule has 0 spiro atoms. The number of nitrogen functional groups attached to an aromatic ring is 1. The smallest absolute Gasteiger partial charge is 0.416 e. The van der Waals surface area contributed by atoms with Crippen LogP contribution in [0.1, 0.15) is 16.7 Å². The van der Waals surface area contributed by atoms with E-state index in [9.17, 15) is 22.8 Å². The second kappa shape index (κ2) is 11.8. The summed E-state index contributed by atoms with van der Waals surface area (Å²) in [7, 11) is 1.41. The fraction of sp³-hybridized carbons (Fsp3) is 0.154. The maximum absolute atomic E-state index is 13.0. The van der Waals surface area contributed by atoms with E-state index < -0.39 is 30.2 Å². The van der Waals surface area contributed by atoms with Crippen LogP contribution in [0.3, 0.4) is 0 Å². The highest BCUT2D eigenvalue weighted by Crippen LogP contribution is 2.33. The first-order valence-electron chi connectivity index (χ1n) is 10.8. The summed E-state index contributed by atoms with van der Waals surface area (Å²) >= 11 is 3.01. The number of hydrogen-bond donors (Lipinski definition) is 3. The van der Waals surface area contributed by atoms with Gasteiger partial charge in [-0.2, -0.15) is 13.2 Å². The topological polar surface area (TPSA) is 103 Å². The number of hydrogen-bond acceptors (Lipinski definition) is 5. The summed E-state index contributed by atoms with van der Waals surface area (Å²) in [6, 6.07) is 13.2. The highest BCUT2D eigenvalue weighted by molar-refractivity contribution is 9.10. The van der Waals surface area contributed by atoms with E-state index in [2.05, 4.69) is 26.6 Å². The normalized spacial score (nSPS) is 11.3. The third-order valence-electron chi connectivity index (χ3n) is 4.95. The van der Waals surface area contributed by atoms with Gasteiger partial charge in [-0.3, -0.25) is 9.59 Å². The third-order valence-corrected chi connectivity index (χ3v) is 5.41. The molecule has 4 N–H and O–H groups in total. The zero-order valence-electron chi connectivity index (χ0n) is 19.8. The van der Waals surface area contributed by atoms with Crippen molar-refractivity contribution >= 4 is 50.9 Å². The predicted molar refractivity (Wildman–Crippen MR) is 140 cm³/mol. The Morgan fingerprint density at radius 1 is 1.03 bits per heavy atom. The molecule has 3 rings (SSSR count). The SMILES string of the molecule is COc1ccc(/C=C/C(=O)Nc2ccc(C)cc2N)cc1OCC(=O)Nc1cc(Br)cc(C(F)(F)F)c1. The van der Waals surface area contributed by atoms with Crippen LogP contribution in [0, 0.1) is 6.92 Å². The monoisotopic (exact) mass is 577 g/mol. The van der Waals surface area contributed by atoms with E-state index in [4.69, 9.17) is 15.2 Å². The van der Waals surface area contributed by atoms with E-state index in [0.717, 1.165) is 17.7 Å². The number of alkyl halides is 3. The molecule has 0 unspecified atom stereocenters. The molecule has 0 radical (unpaired) electrons. The van der Waals surface area contributed by atoms with Gasteiger partial charge >= 0.3 is 6.18 Å². The van der Waals surface area contributed by atoms with E-state index in [1.807, 2.05) is 13.0 Å². The quantitative estimate of drug-likeness (QED) is 0.224. The van der Waals surface area contributed by atoms with Gasteiger partial charge in [-0.15, -0.1) is 0 Å². The van der Waals surface area contributed by atoms with Crippen molar-refractivity contribution in [1.29, 1.82) is 0 Å². The van der Waals surface area contributed by atoms with Gasteiger partial charge in [0, 0.05) is 16.2 Å². The summed E-state index contributed by atoms with van der Waals surface area (Å²) in [6.07, 6.45) is -1.72. The van der Waals surface area contributed by atoms with Gasteiger partial charge in [-0.1, -0.05) is 28.1 Å². The summed E-state index contributed by atoms with van der Waals surface area (Å²) in [5.41, 5.74) is 7.43. The zero-order valence-corrected chi connectivity index (χ0v) is 21.4. The minimum Gasteiger partial charge on any atom is -0.493 e. The van der Waals surface area contributed by atoms with Gasteiger partial charge in [0.25, 0.3) is 5.91 Å². The lowest BCUT2D eigenvalue weighted by molar-refractivity contribution is -0.137. The highest BCUT2D eigenvalue weighted by Gasteiger charge is 2.31. The molecule has 37 heavy (non-hydrogen) atoms. The third kappa shape index (κ3) is 8.01. The molecule has 0 aromatic heterocycles. The van der Waals surface area contributed by atoms with Gasteiger partial charge in [0.1, 0.15) is 0 Å². The summed E-state index contributed by atoms with van der Waals surface area (Å²) in [5.74, 6) is -0.554. The number of ether oxygens (including phenoxy) is 2. The van der Waals surface area contributed by atoms with E-state index >= 15 is 0 Å². The summed E-state index contributed by atoms with van der Waals surface area (Å²) < 4.78 is 50.0. The molecule has 0 aliphatic rings. The lowest BCUT2D eigenvalue weighted by atomic mass is 10.1. The van der Waals surface area contributed by atoms with Crippen molar-refractivity contribution in [3.8, 4) is 11.5 Å². The first-order chi connectivity index (χ1) is 17.4. The van der Waals surface area contributed by atoms with Crippen LogP contribution < -0.4 is 25.8 Å². The molecule has 0 fully saturated rings. The van der Waals surface area contributed by atoms with Gasteiger partial charge in [0.15, 0.2) is 18.1 Å². The average Bonchev–Trinajstić information content (AvgIpc) is 2.82. The number of carbonyl (C=O) groups is 2.